The molecule has 0 bridgehead atoms. The lowest BCUT2D eigenvalue weighted by Crippen LogP contribution is -2.31. The molecule has 1 aromatic heterocycles. The zero-order chi connectivity index (χ0) is 24.2. The van der Waals surface area contributed by atoms with Gasteiger partial charge in [-0.25, -0.2) is 4.98 Å². The van der Waals surface area contributed by atoms with E-state index in [0.717, 1.165) is 34.8 Å². The Kier molecular flexibility index (Phi) is 6.99. The molecule has 1 aromatic carbocycles. The van der Waals surface area contributed by atoms with Gasteiger partial charge >= 0.3 is 0 Å². The van der Waals surface area contributed by atoms with Crippen LogP contribution in [0.5, 0.6) is 5.75 Å². The number of rotatable bonds is 6. The summed E-state index contributed by atoms with van der Waals surface area (Å²) >= 11 is 0. The van der Waals surface area contributed by atoms with Crippen molar-refractivity contribution in [3.05, 3.63) is 52.3 Å². The first kappa shape index (κ1) is 25.6. The summed E-state index contributed by atoms with van der Waals surface area (Å²) < 4.78 is 5.83. The molecule has 5 rings (SSSR count). The van der Waals surface area contributed by atoms with Gasteiger partial charge in [-0.3, -0.25) is 10.2 Å². The molecule has 35 heavy (non-hydrogen) atoms. The van der Waals surface area contributed by atoms with Crippen molar-refractivity contribution in [2.75, 3.05) is 31.6 Å². The van der Waals surface area contributed by atoms with Gasteiger partial charge in [-0.15, -0.1) is 17.0 Å². The average Bonchev–Trinajstić information content (AvgIpc) is 3.49. The summed E-state index contributed by atoms with van der Waals surface area (Å²) in [5, 5.41) is 18.8. The number of ether oxygens (including phenoxy) is 1. The Morgan fingerprint density at radius 3 is 2.57 bits per heavy atom. The number of nitrogens with one attached hydrogen (secondary N) is 1. The number of benzene rings is 1. The van der Waals surface area contributed by atoms with Crippen molar-refractivity contribution in [1.29, 1.82) is 5.41 Å². The Balaban J connectivity index is 0.00000289. The van der Waals surface area contributed by atoms with Crippen LogP contribution in [-0.2, 0) is 12.0 Å². The number of hydrogen-bond acceptors (Lipinski definition) is 6. The molecule has 2 aromatic rings. The van der Waals surface area contributed by atoms with Crippen molar-refractivity contribution in [3.8, 4) is 5.75 Å². The molecular weight excluding hydrogens is 508 g/mol. The van der Waals surface area contributed by atoms with E-state index in [1.807, 2.05) is 17.0 Å². The molecule has 1 atom stereocenters. The Bertz CT molecular complexity index is 1160. The number of aliphatic hydroxyl groups excluding tert-OH is 1. The molecule has 0 spiro atoms. The van der Waals surface area contributed by atoms with E-state index in [4.69, 9.17) is 15.1 Å². The molecule has 8 heteroatoms. The quantitative estimate of drug-likeness (QED) is 0.524. The van der Waals surface area contributed by atoms with Gasteiger partial charge in [0.25, 0.3) is 0 Å². The second kappa shape index (κ2) is 9.54. The Morgan fingerprint density at radius 1 is 1.23 bits per heavy atom. The SMILES string of the molecule is Br.COc1c(N2CCC(O)C2)cc(C(=O)CN2Cc3ccc(C4CC4)nc3C2=N)cc1C(C)(C)C. The molecule has 7 nitrogen and oxygen atoms in total. The maximum absolute atomic E-state index is 13.5. The summed E-state index contributed by atoms with van der Waals surface area (Å²) in [5.41, 5.74) is 5.00. The molecule has 3 heterocycles. The van der Waals surface area contributed by atoms with Crippen LogP contribution < -0.4 is 9.64 Å². The van der Waals surface area contributed by atoms with Crippen LogP contribution in [0.15, 0.2) is 24.3 Å². The fraction of sp³-hybridized carbons (Fsp3) is 0.519. The van der Waals surface area contributed by atoms with Crippen molar-refractivity contribution in [3.63, 3.8) is 0 Å². The van der Waals surface area contributed by atoms with Crippen molar-refractivity contribution >= 4 is 34.3 Å². The summed E-state index contributed by atoms with van der Waals surface area (Å²) in [7, 11) is 1.66. The normalized spacial score (nSPS) is 19.6. The van der Waals surface area contributed by atoms with E-state index < -0.39 is 0 Å². The molecule has 2 fully saturated rings. The molecule has 188 valence electrons. The third-order valence-corrected chi connectivity index (χ3v) is 7.14. The van der Waals surface area contributed by atoms with E-state index in [1.54, 1.807) is 7.11 Å². The molecule has 2 N–H and O–H groups in total. The minimum Gasteiger partial charge on any atom is -0.494 e. The zero-order valence-corrected chi connectivity index (χ0v) is 22.6. The summed E-state index contributed by atoms with van der Waals surface area (Å²) in [6, 6.07) is 7.97. The first-order valence-corrected chi connectivity index (χ1v) is 12.2. The summed E-state index contributed by atoms with van der Waals surface area (Å²) in [5.74, 6) is 1.59. The maximum atomic E-state index is 13.5. The molecule has 0 amide bonds. The second-order valence-corrected chi connectivity index (χ2v) is 10.9. The number of nitrogens with zero attached hydrogens (tertiary/aromatic N) is 3. The van der Waals surface area contributed by atoms with Crippen LogP contribution in [0.3, 0.4) is 0 Å². The smallest absolute Gasteiger partial charge is 0.182 e. The lowest BCUT2D eigenvalue weighted by atomic mass is 9.84. The highest BCUT2D eigenvalue weighted by atomic mass is 79.9. The number of ketones is 1. The van der Waals surface area contributed by atoms with E-state index in [9.17, 15) is 9.90 Å². The number of pyridine rings is 1. The number of aliphatic hydroxyl groups is 1. The first-order chi connectivity index (χ1) is 16.2. The van der Waals surface area contributed by atoms with Crippen LogP contribution in [0.25, 0.3) is 0 Å². The largest absolute Gasteiger partial charge is 0.494 e. The highest BCUT2D eigenvalue weighted by molar-refractivity contribution is 8.93. The van der Waals surface area contributed by atoms with Gasteiger partial charge in [-0.2, -0.15) is 0 Å². The van der Waals surface area contributed by atoms with Gasteiger partial charge in [-0.1, -0.05) is 26.8 Å². The van der Waals surface area contributed by atoms with Crippen LogP contribution in [-0.4, -0.2) is 59.5 Å². The van der Waals surface area contributed by atoms with E-state index in [2.05, 4.69) is 37.8 Å². The molecule has 1 unspecified atom stereocenters. The predicted molar refractivity (Wildman–Crippen MR) is 143 cm³/mol. The monoisotopic (exact) mass is 542 g/mol. The molecule has 2 aliphatic heterocycles. The van der Waals surface area contributed by atoms with E-state index in [1.165, 1.54) is 12.8 Å². The fourth-order valence-electron chi connectivity index (χ4n) is 5.02. The third-order valence-electron chi connectivity index (χ3n) is 7.14. The minimum atomic E-state index is -0.376. The molecule has 0 radical (unpaired) electrons. The van der Waals surface area contributed by atoms with Crippen LogP contribution >= 0.6 is 17.0 Å². The number of aromatic nitrogens is 1. The standard InChI is InChI=1S/C27H34N4O3.BrH/c1-27(2,3)20-11-18(12-22(25(20)34-4)30-10-9-19(32)14-30)23(33)15-31-13-17-7-8-21(16-5-6-16)29-24(17)26(31)28;/h7-8,11-12,16,19,28,32H,5-6,9-10,13-15H2,1-4H3;1H. The Morgan fingerprint density at radius 2 is 1.97 bits per heavy atom. The maximum Gasteiger partial charge on any atom is 0.182 e. The Hall–Kier alpha value is -2.45. The van der Waals surface area contributed by atoms with Gasteiger partial charge in [-0.05, 0) is 42.9 Å². The fourth-order valence-corrected chi connectivity index (χ4v) is 5.02. The molecule has 1 aliphatic carbocycles. The molecule has 3 aliphatic rings. The highest BCUT2D eigenvalue weighted by Crippen LogP contribution is 2.42. The van der Waals surface area contributed by atoms with Crippen LogP contribution in [0.4, 0.5) is 5.69 Å². The lowest BCUT2D eigenvalue weighted by molar-refractivity contribution is 0.0962. The van der Waals surface area contributed by atoms with E-state index in [-0.39, 0.29) is 40.8 Å². The minimum absolute atomic E-state index is 0. The van der Waals surface area contributed by atoms with Gasteiger partial charge < -0.3 is 19.6 Å². The number of β-amino-alcohol motifs (C(OH)–C–C–N with tert-alkyl or cyclic N) is 1. The number of Topliss-reactive ketones (excluding diaryl/α,β-unsaturated/α-hetero) is 1. The number of fused-ring (bicyclic) bond motifs is 1. The van der Waals surface area contributed by atoms with Crippen molar-refractivity contribution in [2.24, 2.45) is 0 Å². The van der Waals surface area contributed by atoms with Crippen LogP contribution in [0.1, 0.15) is 78.8 Å². The van der Waals surface area contributed by atoms with Gasteiger partial charge in [0.1, 0.15) is 17.3 Å². The number of anilines is 1. The second-order valence-electron chi connectivity index (χ2n) is 10.9. The average molecular weight is 544 g/mol. The van der Waals surface area contributed by atoms with Crippen LogP contribution in [0.2, 0.25) is 0 Å². The Labute approximate surface area is 217 Å². The number of amidine groups is 1. The van der Waals surface area contributed by atoms with Gasteiger partial charge in [0.05, 0.1) is 25.4 Å². The van der Waals surface area contributed by atoms with Gasteiger partial charge in [0.2, 0.25) is 0 Å². The molecular formula is C27H35BrN4O3. The molecule has 1 saturated carbocycles. The predicted octanol–water partition coefficient (Wildman–Crippen LogP) is 4.44. The topological polar surface area (TPSA) is 89.8 Å². The summed E-state index contributed by atoms with van der Waals surface area (Å²) in [6.07, 6.45) is 2.67. The summed E-state index contributed by atoms with van der Waals surface area (Å²) in [4.78, 5) is 22.2. The number of halogens is 1. The van der Waals surface area contributed by atoms with Gasteiger partial charge in [0.15, 0.2) is 5.78 Å². The lowest BCUT2D eigenvalue weighted by Gasteiger charge is -2.29. The van der Waals surface area contributed by atoms with Crippen molar-refractivity contribution in [2.45, 2.75) is 64.0 Å². The van der Waals surface area contributed by atoms with Crippen molar-refractivity contribution in [1.82, 2.24) is 9.88 Å². The number of carbonyl (C=O) groups is 1. The van der Waals surface area contributed by atoms with Crippen molar-refractivity contribution < 1.29 is 14.6 Å². The van der Waals surface area contributed by atoms with E-state index in [0.29, 0.717) is 42.5 Å². The number of carbonyl (C=O) groups excluding carboxylic acids is 1. The third kappa shape index (κ3) is 4.96. The van der Waals surface area contributed by atoms with E-state index >= 15 is 0 Å². The van der Waals surface area contributed by atoms with Crippen LogP contribution in [0, 0.1) is 5.41 Å². The molecule has 1 saturated heterocycles. The number of hydrogen-bond donors (Lipinski definition) is 2. The number of methoxy groups -OCH3 is 1. The summed E-state index contributed by atoms with van der Waals surface area (Å²) in [6.45, 7) is 8.24. The van der Waals surface area contributed by atoms with Gasteiger partial charge in [0, 0.05) is 47.9 Å². The highest BCUT2D eigenvalue weighted by Gasteiger charge is 2.33. The first-order valence-electron chi connectivity index (χ1n) is 12.2. The zero-order valence-electron chi connectivity index (χ0n) is 20.9.